The van der Waals surface area contributed by atoms with Crippen molar-refractivity contribution in [1.82, 2.24) is 14.5 Å². The van der Waals surface area contributed by atoms with Crippen LogP contribution in [0.25, 0.3) is 11.0 Å². The molecule has 2 aliphatic heterocycles. The predicted molar refractivity (Wildman–Crippen MR) is 150 cm³/mol. The van der Waals surface area contributed by atoms with E-state index in [4.69, 9.17) is 14.5 Å². The van der Waals surface area contributed by atoms with Crippen LogP contribution in [0.2, 0.25) is 0 Å². The number of fused-ring (bicyclic) bond motifs is 1. The highest BCUT2D eigenvalue weighted by Gasteiger charge is 2.26. The zero-order valence-electron chi connectivity index (χ0n) is 22.7. The first-order valence-corrected chi connectivity index (χ1v) is 14.0. The number of carboxylic acid groups (broad SMARTS) is 1. The lowest BCUT2D eigenvalue weighted by molar-refractivity contribution is -0.0592. The van der Waals surface area contributed by atoms with E-state index in [1.165, 1.54) is 5.56 Å². The molecule has 0 radical (unpaired) electrons. The Labute approximate surface area is 233 Å². The van der Waals surface area contributed by atoms with Gasteiger partial charge in [-0.25, -0.2) is 14.2 Å². The summed E-state index contributed by atoms with van der Waals surface area (Å²) in [7, 11) is 0. The van der Waals surface area contributed by atoms with Crippen LogP contribution in [0.15, 0.2) is 60.7 Å². The maximum atomic E-state index is 14.3. The van der Waals surface area contributed by atoms with E-state index in [2.05, 4.69) is 15.5 Å². The highest BCUT2D eigenvalue weighted by Crippen LogP contribution is 2.35. The molecule has 6 rings (SSSR count). The number of likely N-dealkylation sites (tertiary alicyclic amines) is 1. The molecule has 8 heteroatoms. The number of benzene rings is 3. The average Bonchev–Trinajstić information content (AvgIpc) is 3.26. The second-order valence-corrected chi connectivity index (χ2v) is 10.9. The molecule has 3 heterocycles. The molecule has 40 heavy (non-hydrogen) atoms. The first-order chi connectivity index (χ1) is 19.4. The number of piperidine rings is 1. The first-order valence-electron chi connectivity index (χ1n) is 14.0. The number of para-hydroxylation sites is 1. The summed E-state index contributed by atoms with van der Waals surface area (Å²) < 4.78 is 28.3. The largest absolute Gasteiger partial charge is 0.489 e. The second-order valence-electron chi connectivity index (χ2n) is 10.9. The van der Waals surface area contributed by atoms with Gasteiger partial charge < -0.3 is 19.1 Å². The van der Waals surface area contributed by atoms with E-state index in [0.717, 1.165) is 67.1 Å². The number of halogens is 1. The fourth-order valence-electron chi connectivity index (χ4n) is 5.74. The SMILES string of the molecule is Cc1ccc(COc2ccccc2C2CCN(Cc3nc4ccc(C(=O)O)cc4n3CC3CCO3)CC2)c(F)c1. The number of hydrogen-bond acceptors (Lipinski definition) is 5. The number of aryl methyl sites for hydroxylation is 1. The van der Waals surface area contributed by atoms with Crippen LogP contribution < -0.4 is 4.74 Å². The number of carbonyl (C=O) groups is 1. The maximum Gasteiger partial charge on any atom is 0.335 e. The van der Waals surface area contributed by atoms with Crippen molar-refractivity contribution in [3.8, 4) is 5.75 Å². The minimum atomic E-state index is -0.938. The predicted octanol–water partition coefficient (Wildman–Crippen LogP) is 5.93. The molecule has 0 spiro atoms. The molecule has 1 atom stereocenters. The van der Waals surface area contributed by atoms with E-state index in [9.17, 15) is 14.3 Å². The number of ether oxygens (including phenoxy) is 2. The molecular formula is C32H34FN3O4. The van der Waals surface area contributed by atoms with E-state index in [1.807, 2.05) is 31.2 Å². The van der Waals surface area contributed by atoms with Gasteiger partial charge in [-0.3, -0.25) is 4.90 Å². The zero-order valence-corrected chi connectivity index (χ0v) is 22.7. The molecule has 208 valence electrons. The highest BCUT2D eigenvalue weighted by molar-refractivity contribution is 5.92. The van der Waals surface area contributed by atoms with Gasteiger partial charge in [-0.05, 0) is 86.7 Å². The van der Waals surface area contributed by atoms with Crippen LogP contribution >= 0.6 is 0 Å². The summed E-state index contributed by atoms with van der Waals surface area (Å²) in [4.78, 5) is 18.9. The molecule has 1 unspecified atom stereocenters. The van der Waals surface area contributed by atoms with Gasteiger partial charge >= 0.3 is 5.97 Å². The van der Waals surface area contributed by atoms with Gasteiger partial charge in [0.15, 0.2) is 0 Å². The van der Waals surface area contributed by atoms with Gasteiger partial charge in [0.2, 0.25) is 0 Å². The number of hydrogen-bond donors (Lipinski definition) is 1. The molecule has 1 N–H and O–H groups in total. The summed E-state index contributed by atoms with van der Waals surface area (Å²) in [6, 6.07) is 18.5. The molecule has 0 saturated carbocycles. The fourth-order valence-corrected chi connectivity index (χ4v) is 5.74. The second kappa shape index (κ2) is 11.4. The minimum Gasteiger partial charge on any atom is -0.489 e. The Bertz CT molecular complexity index is 1520. The molecule has 0 amide bonds. The van der Waals surface area contributed by atoms with E-state index in [0.29, 0.717) is 24.6 Å². The minimum absolute atomic E-state index is 0.139. The van der Waals surface area contributed by atoms with Gasteiger partial charge in [-0.15, -0.1) is 0 Å². The van der Waals surface area contributed by atoms with Crippen LogP contribution in [0.4, 0.5) is 4.39 Å². The van der Waals surface area contributed by atoms with Crippen LogP contribution in [-0.2, 0) is 24.4 Å². The Morgan fingerprint density at radius 2 is 1.90 bits per heavy atom. The standard InChI is InChI=1S/C32H34FN3O4/c1-21-6-7-24(27(33)16-21)20-40-30-5-3-2-4-26(30)22-10-13-35(14-11-22)19-31-34-28-9-8-23(32(37)38)17-29(28)36(31)18-25-12-15-39-25/h2-9,16-17,22,25H,10-15,18-20H2,1H3,(H,37,38). The topological polar surface area (TPSA) is 76.8 Å². The van der Waals surface area contributed by atoms with Crippen LogP contribution in [-0.4, -0.2) is 51.3 Å². The van der Waals surface area contributed by atoms with Crippen molar-refractivity contribution in [2.75, 3.05) is 19.7 Å². The van der Waals surface area contributed by atoms with E-state index in [-0.39, 0.29) is 24.1 Å². The van der Waals surface area contributed by atoms with Crippen molar-refractivity contribution < 1.29 is 23.8 Å². The smallest absolute Gasteiger partial charge is 0.335 e. The molecule has 2 aliphatic rings. The lowest BCUT2D eigenvalue weighted by Gasteiger charge is -2.33. The van der Waals surface area contributed by atoms with Crippen LogP contribution in [0.3, 0.4) is 0 Å². The lowest BCUT2D eigenvalue weighted by Crippen LogP contribution is -2.35. The maximum absolute atomic E-state index is 14.3. The number of nitrogens with zero attached hydrogens (tertiary/aromatic N) is 3. The molecule has 4 aromatic rings. The number of aromatic carboxylic acids is 1. The molecule has 0 aliphatic carbocycles. The summed E-state index contributed by atoms with van der Waals surface area (Å²) in [6.07, 6.45) is 3.10. The van der Waals surface area contributed by atoms with Crippen molar-refractivity contribution in [3.63, 3.8) is 0 Å². The lowest BCUT2D eigenvalue weighted by atomic mass is 9.89. The summed E-state index contributed by atoms with van der Waals surface area (Å²) >= 11 is 0. The van der Waals surface area contributed by atoms with E-state index >= 15 is 0 Å². The summed E-state index contributed by atoms with van der Waals surface area (Å²) in [5.74, 6) is 0.940. The molecule has 7 nitrogen and oxygen atoms in total. The van der Waals surface area contributed by atoms with E-state index < -0.39 is 5.97 Å². The molecule has 0 bridgehead atoms. The Kier molecular flexibility index (Phi) is 7.54. The Morgan fingerprint density at radius 1 is 1.10 bits per heavy atom. The zero-order chi connectivity index (χ0) is 27.6. The average molecular weight is 544 g/mol. The summed E-state index contributed by atoms with van der Waals surface area (Å²) in [6.45, 7) is 6.05. The van der Waals surface area contributed by atoms with Crippen LogP contribution in [0.1, 0.15) is 58.1 Å². The molecule has 1 aromatic heterocycles. The van der Waals surface area contributed by atoms with Crippen molar-refractivity contribution >= 4 is 17.0 Å². The third kappa shape index (κ3) is 5.60. The molecule has 2 fully saturated rings. The number of aromatic nitrogens is 2. The molecule has 3 aromatic carbocycles. The highest BCUT2D eigenvalue weighted by atomic mass is 19.1. The van der Waals surface area contributed by atoms with Crippen LogP contribution in [0, 0.1) is 12.7 Å². The van der Waals surface area contributed by atoms with Gasteiger partial charge in [0.25, 0.3) is 0 Å². The summed E-state index contributed by atoms with van der Waals surface area (Å²) in [5.41, 5.74) is 4.54. The van der Waals surface area contributed by atoms with Gasteiger partial charge in [-0.2, -0.15) is 0 Å². The number of carboxylic acids is 1. The van der Waals surface area contributed by atoms with Crippen molar-refractivity contribution in [2.45, 2.75) is 57.9 Å². The monoisotopic (exact) mass is 543 g/mol. The summed E-state index contributed by atoms with van der Waals surface area (Å²) in [5, 5.41) is 9.51. The van der Waals surface area contributed by atoms with Gasteiger partial charge in [0.05, 0.1) is 35.8 Å². The van der Waals surface area contributed by atoms with Gasteiger partial charge in [0, 0.05) is 12.2 Å². The van der Waals surface area contributed by atoms with Crippen molar-refractivity contribution in [1.29, 1.82) is 0 Å². The van der Waals surface area contributed by atoms with Crippen LogP contribution in [0.5, 0.6) is 5.75 Å². The Hall–Kier alpha value is -3.75. The normalized spacial score (nSPS) is 18.1. The van der Waals surface area contributed by atoms with Crippen molar-refractivity contribution in [3.05, 3.63) is 94.6 Å². The third-order valence-electron chi connectivity index (χ3n) is 8.16. The molecule has 2 saturated heterocycles. The van der Waals surface area contributed by atoms with Crippen molar-refractivity contribution in [2.24, 2.45) is 0 Å². The fraction of sp³-hybridized carbons (Fsp3) is 0.375. The van der Waals surface area contributed by atoms with E-state index in [1.54, 1.807) is 30.3 Å². The number of rotatable bonds is 9. The van der Waals surface area contributed by atoms with Gasteiger partial charge in [0.1, 0.15) is 24.0 Å². The molecular weight excluding hydrogens is 509 g/mol. The quantitative estimate of drug-likeness (QED) is 0.282. The third-order valence-corrected chi connectivity index (χ3v) is 8.16. The Balaban J connectivity index is 1.14. The Morgan fingerprint density at radius 3 is 2.62 bits per heavy atom. The van der Waals surface area contributed by atoms with Gasteiger partial charge in [-0.1, -0.05) is 30.3 Å². The first kappa shape index (κ1) is 26.5. The number of imidazole rings is 1.